The van der Waals surface area contributed by atoms with Gasteiger partial charge in [-0.05, 0) is 31.5 Å². The zero-order valence-electron chi connectivity index (χ0n) is 11.9. The number of esters is 2. The fraction of sp³-hybridized carbons (Fsp3) is 0.333. The molecule has 5 heteroatoms. The molecule has 0 fully saturated rings. The van der Waals surface area contributed by atoms with E-state index in [1.165, 1.54) is 14.0 Å². The van der Waals surface area contributed by atoms with Gasteiger partial charge in [0.2, 0.25) is 0 Å². The largest absolute Gasteiger partial charge is 0.493 e. The normalized spacial score (nSPS) is 9.75. The van der Waals surface area contributed by atoms with Gasteiger partial charge in [-0.15, -0.1) is 0 Å². The number of hydrogen-bond acceptors (Lipinski definition) is 5. The van der Waals surface area contributed by atoms with Crippen LogP contribution in [-0.2, 0) is 14.3 Å². The topological polar surface area (TPSA) is 61.8 Å². The van der Waals surface area contributed by atoms with Crippen molar-refractivity contribution in [2.75, 3.05) is 13.7 Å². The van der Waals surface area contributed by atoms with Crippen molar-refractivity contribution < 1.29 is 23.8 Å². The highest BCUT2D eigenvalue weighted by Crippen LogP contribution is 2.27. The van der Waals surface area contributed by atoms with E-state index < -0.39 is 11.9 Å². The van der Waals surface area contributed by atoms with E-state index in [9.17, 15) is 9.59 Å². The van der Waals surface area contributed by atoms with Crippen molar-refractivity contribution in [3.8, 4) is 11.5 Å². The summed E-state index contributed by atoms with van der Waals surface area (Å²) in [4.78, 5) is 22.8. The summed E-state index contributed by atoms with van der Waals surface area (Å²) in [5, 5.41) is 0. The molecular formula is C15H18O5. The summed E-state index contributed by atoms with van der Waals surface area (Å²) in [6.07, 6.45) is -0.0317. The SMILES string of the molecule is C=C(C)C(=O)OCCC(=O)Oc1ccc(C)cc1OC. The van der Waals surface area contributed by atoms with Gasteiger partial charge in [0, 0.05) is 5.57 Å². The van der Waals surface area contributed by atoms with E-state index >= 15 is 0 Å². The first-order valence-corrected chi connectivity index (χ1v) is 6.12. The average Bonchev–Trinajstić information content (AvgIpc) is 2.40. The van der Waals surface area contributed by atoms with E-state index in [2.05, 4.69) is 6.58 Å². The summed E-state index contributed by atoms with van der Waals surface area (Å²) in [6.45, 7) is 6.85. The zero-order chi connectivity index (χ0) is 15.1. The molecule has 5 nitrogen and oxygen atoms in total. The average molecular weight is 278 g/mol. The third-order valence-electron chi connectivity index (χ3n) is 2.43. The fourth-order valence-corrected chi connectivity index (χ4v) is 1.38. The number of hydrogen-bond donors (Lipinski definition) is 0. The smallest absolute Gasteiger partial charge is 0.333 e. The van der Waals surface area contributed by atoms with Gasteiger partial charge >= 0.3 is 11.9 Å². The molecular weight excluding hydrogens is 260 g/mol. The maximum absolute atomic E-state index is 11.6. The third-order valence-corrected chi connectivity index (χ3v) is 2.43. The van der Waals surface area contributed by atoms with Gasteiger partial charge in [0.15, 0.2) is 11.5 Å². The number of aryl methyl sites for hydroxylation is 1. The van der Waals surface area contributed by atoms with E-state index in [-0.39, 0.29) is 13.0 Å². The number of carbonyl (C=O) groups is 2. The van der Waals surface area contributed by atoms with Crippen molar-refractivity contribution in [3.05, 3.63) is 35.9 Å². The van der Waals surface area contributed by atoms with Crippen LogP contribution in [0.4, 0.5) is 0 Å². The van der Waals surface area contributed by atoms with Gasteiger partial charge in [-0.3, -0.25) is 4.79 Å². The Labute approximate surface area is 118 Å². The van der Waals surface area contributed by atoms with Crippen LogP contribution in [0.1, 0.15) is 18.9 Å². The molecule has 1 rings (SSSR count). The molecule has 0 aliphatic carbocycles. The number of methoxy groups -OCH3 is 1. The second-order valence-electron chi connectivity index (χ2n) is 4.29. The van der Waals surface area contributed by atoms with Crippen molar-refractivity contribution in [1.82, 2.24) is 0 Å². The molecule has 20 heavy (non-hydrogen) atoms. The van der Waals surface area contributed by atoms with Gasteiger partial charge in [-0.2, -0.15) is 0 Å². The minimum atomic E-state index is -0.522. The van der Waals surface area contributed by atoms with Crippen LogP contribution in [0.2, 0.25) is 0 Å². The Kier molecular flexibility index (Phi) is 5.77. The molecule has 0 atom stereocenters. The van der Waals surface area contributed by atoms with Crippen LogP contribution in [0, 0.1) is 6.92 Å². The van der Waals surface area contributed by atoms with E-state index in [1.807, 2.05) is 13.0 Å². The van der Waals surface area contributed by atoms with Crippen LogP contribution in [-0.4, -0.2) is 25.7 Å². The predicted molar refractivity (Wildman–Crippen MR) is 73.8 cm³/mol. The number of rotatable bonds is 6. The molecule has 1 aromatic rings. The van der Waals surface area contributed by atoms with Crippen molar-refractivity contribution in [2.24, 2.45) is 0 Å². The van der Waals surface area contributed by atoms with Gasteiger partial charge in [-0.1, -0.05) is 12.6 Å². The Hall–Kier alpha value is -2.30. The Morgan fingerprint density at radius 2 is 1.95 bits per heavy atom. The monoisotopic (exact) mass is 278 g/mol. The molecule has 0 spiro atoms. The Morgan fingerprint density at radius 3 is 2.55 bits per heavy atom. The van der Waals surface area contributed by atoms with E-state index in [4.69, 9.17) is 14.2 Å². The molecule has 0 aliphatic rings. The molecule has 108 valence electrons. The Morgan fingerprint density at radius 1 is 1.25 bits per heavy atom. The molecule has 0 bridgehead atoms. The minimum absolute atomic E-state index is 0.0317. The highest BCUT2D eigenvalue weighted by molar-refractivity contribution is 5.87. The molecule has 0 aliphatic heterocycles. The van der Waals surface area contributed by atoms with Crippen molar-refractivity contribution in [1.29, 1.82) is 0 Å². The lowest BCUT2D eigenvalue weighted by atomic mass is 10.2. The first kappa shape index (κ1) is 15.8. The minimum Gasteiger partial charge on any atom is -0.493 e. The van der Waals surface area contributed by atoms with Crippen LogP contribution in [0.5, 0.6) is 11.5 Å². The molecule has 0 saturated heterocycles. The summed E-state index contributed by atoms with van der Waals surface area (Å²) < 4.78 is 15.1. The molecule has 0 saturated carbocycles. The van der Waals surface area contributed by atoms with E-state index in [0.29, 0.717) is 17.1 Å². The van der Waals surface area contributed by atoms with Gasteiger partial charge in [0.25, 0.3) is 0 Å². The summed E-state index contributed by atoms with van der Waals surface area (Å²) in [7, 11) is 1.50. The van der Waals surface area contributed by atoms with Crippen molar-refractivity contribution in [2.45, 2.75) is 20.3 Å². The molecule has 1 aromatic carbocycles. The summed E-state index contributed by atoms with van der Waals surface area (Å²) >= 11 is 0. The van der Waals surface area contributed by atoms with Gasteiger partial charge < -0.3 is 14.2 Å². The molecule has 0 aromatic heterocycles. The standard InChI is InChI=1S/C15H18O5/c1-10(2)15(17)19-8-7-14(16)20-12-6-5-11(3)9-13(12)18-4/h5-6,9H,1,7-8H2,2-4H3. The van der Waals surface area contributed by atoms with Crippen LogP contribution < -0.4 is 9.47 Å². The van der Waals surface area contributed by atoms with Crippen LogP contribution >= 0.6 is 0 Å². The van der Waals surface area contributed by atoms with E-state index in [0.717, 1.165) is 5.56 Å². The summed E-state index contributed by atoms with van der Waals surface area (Å²) in [5.41, 5.74) is 1.29. The highest BCUT2D eigenvalue weighted by atomic mass is 16.6. The number of carbonyl (C=O) groups excluding carboxylic acids is 2. The Balaban J connectivity index is 2.50. The van der Waals surface area contributed by atoms with Crippen LogP contribution in [0.3, 0.4) is 0 Å². The maximum Gasteiger partial charge on any atom is 0.333 e. The highest BCUT2D eigenvalue weighted by Gasteiger charge is 2.11. The predicted octanol–water partition coefficient (Wildman–Crippen LogP) is 2.42. The fourth-order valence-electron chi connectivity index (χ4n) is 1.38. The van der Waals surface area contributed by atoms with Gasteiger partial charge in [0.1, 0.15) is 6.61 Å². The molecule has 0 N–H and O–H groups in total. The molecule has 0 unspecified atom stereocenters. The first-order chi connectivity index (χ1) is 9.43. The lowest BCUT2D eigenvalue weighted by Crippen LogP contribution is -2.14. The molecule has 0 heterocycles. The Bertz CT molecular complexity index is 519. The quantitative estimate of drug-likeness (QED) is 0.454. The second kappa shape index (κ2) is 7.33. The first-order valence-electron chi connectivity index (χ1n) is 6.12. The summed E-state index contributed by atoms with van der Waals surface area (Å²) in [6, 6.07) is 5.24. The van der Waals surface area contributed by atoms with Crippen LogP contribution in [0.25, 0.3) is 0 Å². The zero-order valence-corrected chi connectivity index (χ0v) is 11.9. The molecule has 0 radical (unpaired) electrons. The van der Waals surface area contributed by atoms with Crippen molar-refractivity contribution in [3.63, 3.8) is 0 Å². The van der Waals surface area contributed by atoms with Gasteiger partial charge in [0.05, 0.1) is 13.5 Å². The third kappa shape index (κ3) is 4.76. The number of benzene rings is 1. The second-order valence-corrected chi connectivity index (χ2v) is 4.29. The number of ether oxygens (including phenoxy) is 3. The summed E-state index contributed by atoms with van der Waals surface area (Å²) in [5.74, 6) is -0.195. The van der Waals surface area contributed by atoms with E-state index in [1.54, 1.807) is 12.1 Å². The van der Waals surface area contributed by atoms with Gasteiger partial charge in [-0.25, -0.2) is 4.79 Å². The lowest BCUT2D eigenvalue weighted by Gasteiger charge is -2.10. The maximum atomic E-state index is 11.6. The lowest BCUT2D eigenvalue weighted by molar-refractivity contribution is -0.142. The molecule has 0 amide bonds. The van der Waals surface area contributed by atoms with Crippen molar-refractivity contribution >= 4 is 11.9 Å². The van der Waals surface area contributed by atoms with Crippen LogP contribution in [0.15, 0.2) is 30.4 Å².